The molecule has 0 saturated carbocycles. The Kier molecular flexibility index (Phi) is 3.88. The zero-order chi connectivity index (χ0) is 18.4. The van der Waals surface area contributed by atoms with Crippen molar-refractivity contribution < 1.29 is 9.52 Å². The van der Waals surface area contributed by atoms with E-state index in [9.17, 15) is 5.11 Å². The number of fused-ring (bicyclic) bond motifs is 1. The first-order chi connectivity index (χ1) is 12.5. The molecule has 0 spiro atoms. The highest BCUT2D eigenvalue weighted by Crippen LogP contribution is 2.36. The number of hydrogen-bond acceptors (Lipinski definition) is 7. The molecule has 0 saturated heterocycles. The van der Waals surface area contributed by atoms with Crippen LogP contribution in [0.3, 0.4) is 0 Å². The van der Waals surface area contributed by atoms with Gasteiger partial charge in [-0.15, -0.1) is 10.2 Å². The van der Waals surface area contributed by atoms with Crippen LogP contribution in [0.5, 0.6) is 5.75 Å². The van der Waals surface area contributed by atoms with Crippen LogP contribution in [-0.2, 0) is 0 Å². The van der Waals surface area contributed by atoms with Crippen LogP contribution in [0.25, 0.3) is 21.7 Å². The van der Waals surface area contributed by atoms with Crippen LogP contribution in [0, 0.1) is 27.7 Å². The second kappa shape index (κ2) is 6.10. The highest BCUT2D eigenvalue weighted by atomic mass is 32.1. The van der Waals surface area contributed by atoms with Gasteiger partial charge in [-0.25, -0.2) is 4.98 Å². The molecule has 4 rings (SSSR count). The van der Waals surface area contributed by atoms with E-state index in [0.29, 0.717) is 21.7 Å². The lowest BCUT2D eigenvalue weighted by molar-refractivity contribution is 0.463. The van der Waals surface area contributed by atoms with Gasteiger partial charge in [0.05, 0.1) is 5.69 Å². The lowest BCUT2D eigenvalue weighted by Gasteiger charge is -2.11. The Bertz CT molecular complexity index is 1130. The molecule has 26 heavy (non-hydrogen) atoms. The minimum Gasteiger partial charge on any atom is -0.506 e. The van der Waals surface area contributed by atoms with Gasteiger partial charge in [-0.05, 0) is 44.9 Å². The zero-order valence-corrected chi connectivity index (χ0v) is 15.7. The number of nitrogens with zero attached hydrogens (tertiary/aromatic N) is 3. The zero-order valence-electron chi connectivity index (χ0n) is 14.9. The molecule has 0 amide bonds. The Morgan fingerprint density at radius 2 is 1.77 bits per heavy atom. The number of benzene rings is 1. The van der Waals surface area contributed by atoms with Crippen molar-refractivity contribution in [2.75, 3.05) is 5.32 Å². The summed E-state index contributed by atoms with van der Waals surface area (Å²) in [5, 5.41) is 24.1. The second-order valence-electron chi connectivity index (χ2n) is 6.23. The Morgan fingerprint density at radius 3 is 2.54 bits per heavy atom. The van der Waals surface area contributed by atoms with Gasteiger partial charge in [-0.1, -0.05) is 29.5 Å². The lowest BCUT2D eigenvalue weighted by Crippen LogP contribution is -2.00. The summed E-state index contributed by atoms with van der Waals surface area (Å²) in [6.07, 6.45) is 0. The summed E-state index contributed by atoms with van der Waals surface area (Å²) in [5.74, 6) is 1.63. The molecule has 0 radical (unpaired) electrons. The maximum Gasteiger partial charge on any atom is 0.211 e. The summed E-state index contributed by atoms with van der Waals surface area (Å²) in [6.45, 7) is 7.58. The molecule has 0 atom stereocenters. The third-order valence-electron chi connectivity index (χ3n) is 4.58. The van der Waals surface area contributed by atoms with Crippen molar-refractivity contribution in [3.63, 3.8) is 0 Å². The molecule has 6 nitrogen and oxygen atoms in total. The van der Waals surface area contributed by atoms with Crippen molar-refractivity contribution in [2.24, 2.45) is 0 Å². The molecule has 0 fully saturated rings. The molecule has 0 aliphatic carbocycles. The normalized spacial score (nSPS) is 11.2. The standard InChI is InChI=1S/C19H18N4O2S/c1-9-10(2)17(20-12(4)15(9)24)21-19-23-22-18(26-19)16-11(3)13-7-5-6-8-14(13)25-16/h5-8,24H,1-4H3,(H,20,21,23). The van der Waals surface area contributed by atoms with Crippen molar-refractivity contribution in [3.05, 3.63) is 46.6 Å². The molecule has 0 aliphatic heterocycles. The van der Waals surface area contributed by atoms with E-state index < -0.39 is 0 Å². The molecular weight excluding hydrogens is 348 g/mol. The summed E-state index contributed by atoms with van der Waals surface area (Å²) >= 11 is 1.41. The molecule has 0 bridgehead atoms. The van der Waals surface area contributed by atoms with E-state index in [0.717, 1.165) is 33.4 Å². The minimum absolute atomic E-state index is 0.226. The maximum atomic E-state index is 10.0. The smallest absolute Gasteiger partial charge is 0.211 e. The fourth-order valence-electron chi connectivity index (χ4n) is 2.90. The number of pyridine rings is 1. The van der Waals surface area contributed by atoms with Gasteiger partial charge in [0.15, 0.2) is 10.8 Å². The van der Waals surface area contributed by atoms with Crippen LogP contribution >= 0.6 is 11.3 Å². The summed E-state index contributed by atoms with van der Waals surface area (Å²) < 4.78 is 5.96. The quantitative estimate of drug-likeness (QED) is 0.529. The minimum atomic E-state index is 0.226. The lowest BCUT2D eigenvalue weighted by atomic mass is 10.1. The van der Waals surface area contributed by atoms with Gasteiger partial charge in [-0.3, -0.25) is 0 Å². The van der Waals surface area contributed by atoms with E-state index in [-0.39, 0.29) is 5.75 Å². The average molecular weight is 366 g/mol. The van der Waals surface area contributed by atoms with Crippen LogP contribution in [0.4, 0.5) is 10.9 Å². The van der Waals surface area contributed by atoms with Crippen LogP contribution < -0.4 is 5.32 Å². The van der Waals surface area contributed by atoms with Gasteiger partial charge >= 0.3 is 0 Å². The van der Waals surface area contributed by atoms with Gasteiger partial charge in [0.25, 0.3) is 0 Å². The molecular formula is C19H18N4O2S. The SMILES string of the molecule is Cc1nc(Nc2nnc(-c3oc4ccccc4c3C)s2)c(C)c(C)c1O. The number of para-hydroxylation sites is 1. The average Bonchev–Trinajstić information content (AvgIpc) is 3.23. The van der Waals surface area contributed by atoms with Gasteiger partial charge < -0.3 is 14.8 Å². The van der Waals surface area contributed by atoms with E-state index in [4.69, 9.17) is 4.42 Å². The predicted molar refractivity (Wildman–Crippen MR) is 103 cm³/mol. The maximum absolute atomic E-state index is 10.0. The highest BCUT2D eigenvalue weighted by molar-refractivity contribution is 7.18. The van der Waals surface area contributed by atoms with Gasteiger partial charge in [0.2, 0.25) is 5.13 Å². The number of aromatic nitrogens is 3. The van der Waals surface area contributed by atoms with Gasteiger partial charge in [0, 0.05) is 10.9 Å². The van der Waals surface area contributed by atoms with Crippen molar-refractivity contribution in [1.82, 2.24) is 15.2 Å². The number of aromatic hydroxyl groups is 1. The molecule has 1 aromatic carbocycles. The third-order valence-corrected chi connectivity index (χ3v) is 5.42. The molecule has 4 aromatic rings. The number of nitrogens with one attached hydrogen (secondary N) is 1. The first-order valence-corrected chi connectivity index (χ1v) is 9.03. The van der Waals surface area contributed by atoms with Crippen LogP contribution in [0.2, 0.25) is 0 Å². The Labute approximate surface area is 154 Å². The highest BCUT2D eigenvalue weighted by Gasteiger charge is 2.18. The molecule has 132 valence electrons. The Balaban J connectivity index is 1.70. The first kappa shape index (κ1) is 16.5. The number of anilines is 2. The monoisotopic (exact) mass is 366 g/mol. The molecule has 2 N–H and O–H groups in total. The van der Waals surface area contributed by atoms with Gasteiger partial charge in [-0.2, -0.15) is 0 Å². The molecule has 0 aliphatic rings. The summed E-state index contributed by atoms with van der Waals surface area (Å²) in [4.78, 5) is 4.42. The number of rotatable bonds is 3. The van der Waals surface area contributed by atoms with Crippen molar-refractivity contribution >= 4 is 33.3 Å². The van der Waals surface area contributed by atoms with Crippen LogP contribution in [0.15, 0.2) is 28.7 Å². The van der Waals surface area contributed by atoms with E-state index in [1.807, 2.05) is 45.0 Å². The summed E-state index contributed by atoms with van der Waals surface area (Å²) in [5.41, 5.74) is 4.15. The topological polar surface area (TPSA) is 84.1 Å². The van der Waals surface area contributed by atoms with E-state index in [1.54, 1.807) is 6.92 Å². The van der Waals surface area contributed by atoms with E-state index in [2.05, 4.69) is 20.5 Å². The number of hydrogen-bond donors (Lipinski definition) is 2. The molecule has 0 unspecified atom stereocenters. The molecule has 3 aromatic heterocycles. The van der Waals surface area contributed by atoms with Crippen LogP contribution in [-0.4, -0.2) is 20.3 Å². The fraction of sp³-hybridized carbons (Fsp3) is 0.211. The number of furan rings is 1. The molecule has 7 heteroatoms. The van der Waals surface area contributed by atoms with E-state index >= 15 is 0 Å². The first-order valence-electron chi connectivity index (χ1n) is 8.21. The predicted octanol–water partition coefficient (Wildman–Crippen LogP) is 5.03. The summed E-state index contributed by atoms with van der Waals surface area (Å²) in [7, 11) is 0. The van der Waals surface area contributed by atoms with Crippen molar-refractivity contribution in [2.45, 2.75) is 27.7 Å². The van der Waals surface area contributed by atoms with E-state index in [1.165, 1.54) is 11.3 Å². The van der Waals surface area contributed by atoms with Gasteiger partial charge in [0.1, 0.15) is 17.2 Å². The Morgan fingerprint density at radius 1 is 1.00 bits per heavy atom. The summed E-state index contributed by atoms with van der Waals surface area (Å²) in [6, 6.07) is 7.92. The third kappa shape index (κ3) is 2.61. The van der Waals surface area contributed by atoms with Crippen molar-refractivity contribution in [1.29, 1.82) is 0 Å². The van der Waals surface area contributed by atoms with Crippen molar-refractivity contribution in [3.8, 4) is 16.5 Å². The second-order valence-corrected chi connectivity index (χ2v) is 7.21. The molecule has 3 heterocycles. The van der Waals surface area contributed by atoms with Crippen LogP contribution in [0.1, 0.15) is 22.4 Å². The largest absolute Gasteiger partial charge is 0.506 e. The Hall–Kier alpha value is -2.93. The number of aryl methyl sites for hydroxylation is 2. The fourth-order valence-corrected chi connectivity index (χ4v) is 3.68.